The molecular weight excluding hydrogens is 186 g/mol. The van der Waals surface area contributed by atoms with Gasteiger partial charge in [-0.05, 0) is 13.0 Å². The highest BCUT2D eigenvalue weighted by molar-refractivity contribution is 5.91. The lowest BCUT2D eigenvalue weighted by atomic mass is 10.3. The van der Waals surface area contributed by atoms with Gasteiger partial charge in [0.25, 0.3) is 0 Å². The summed E-state index contributed by atoms with van der Waals surface area (Å²) in [6.07, 6.45) is 1.46. The molecule has 1 aromatic heterocycles. The predicted molar refractivity (Wildman–Crippen MR) is 48.7 cm³/mol. The van der Waals surface area contributed by atoms with E-state index in [1.165, 1.54) is 6.26 Å². The molecule has 0 aliphatic heterocycles. The highest BCUT2D eigenvalue weighted by Crippen LogP contribution is 2.07. The van der Waals surface area contributed by atoms with Crippen molar-refractivity contribution in [2.45, 2.75) is 6.92 Å². The van der Waals surface area contributed by atoms with E-state index in [2.05, 4.69) is 5.48 Å². The minimum absolute atomic E-state index is 0.266. The number of carbonyl (C=O) groups is 1. The number of hydroxylamine groups is 1. The van der Waals surface area contributed by atoms with Crippen LogP contribution in [0.4, 0.5) is 0 Å². The second kappa shape index (κ2) is 5.41. The number of hydrogen-bond donors (Lipinski definition) is 1. The molecule has 0 fully saturated rings. The first-order chi connectivity index (χ1) is 6.75. The second-order valence-electron chi connectivity index (χ2n) is 2.71. The fourth-order valence-electron chi connectivity index (χ4n) is 0.893. The van der Waals surface area contributed by atoms with E-state index in [9.17, 15) is 4.79 Å². The standard InChI is InChI=1S/C9H13NO4/c1-7-3-4-13-8(7)9(11)10-14-6-5-12-2/h3-4H,5-6H2,1-2H3,(H,10,11). The van der Waals surface area contributed by atoms with Crippen molar-refractivity contribution in [1.82, 2.24) is 5.48 Å². The molecule has 5 nitrogen and oxygen atoms in total. The van der Waals surface area contributed by atoms with Gasteiger partial charge in [0.15, 0.2) is 5.76 Å². The third-order valence-electron chi connectivity index (χ3n) is 1.62. The summed E-state index contributed by atoms with van der Waals surface area (Å²) in [5.41, 5.74) is 3.02. The monoisotopic (exact) mass is 199 g/mol. The summed E-state index contributed by atoms with van der Waals surface area (Å²) in [6.45, 7) is 2.52. The molecule has 1 aromatic rings. The number of aryl methyl sites for hydroxylation is 1. The van der Waals surface area contributed by atoms with Crippen LogP contribution < -0.4 is 5.48 Å². The van der Waals surface area contributed by atoms with Crippen molar-refractivity contribution in [1.29, 1.82) is 0 Å². The molecule has 0 saturated carbocycles. The minimum atomic E-state index is -0.386. The Balaban J connectivity index is 2.32. The van der Waals surface area contributed by atoms with Crippen molar-refractivity contribution in [3.8, 4) is 0 Å². The van der Waals surface area contributed by atoms with Gasteiger partial charge in [0, 0.05) is 12.7 Å². The first-order valence-electron chi connectivity index (χ1n) is 4.21. The lowest BCUT2D eigenvalue weighted by molar-refractivity contribution is 0.00727. The molecule has 0 unspecified atom stereocenters. The quantitative estimate of drug-likeness (QED) is 0.565. The van der Waals surface area contributed by atoms with Gasteiger partial charge >= 0.3 is 5.91 Å². The van der Waals surface area contributed by atoms with E-state index in [0.717, 1.165) is 5.56 Å². The van der Waals surface area contributed by atoms with Crippen molar-refractivity contribution in [3.63, 3.8) is 0 Å². The van der Waals surface area contributed by atoms with Crippen molar-refractivity contribution >= 4 is 5.91 Å². The maximum Gasteiger partial charge on any atom is 0.310 e. The van der Waals surface area contributed by atoms with Crippen LogP contribution in [-0.4, -0.2) is 26.2 Å². The fourth-order valence-corrected chi connectivity index (χ4v) is 0.893. The Morgan fingerprint density at radius 3 is 2.93 bits per heavy atom. The first kappa shape index (κ1) is 10.7. The number of carbonyl (C=O) groups excluding carboxylic acids is 1. The van der Waals surface area contributed by atoms with E-state index in [-0.39, 0.29) is 11.7 Å². The molecule has 14 heavy (non-hydrogen) atoms. The molecule has 78 valence electrons. The lowest BCUT2D eigenvalue weighted by Gasteiger charge is -2.03. The van der Waals surface area contributed by atoms with Gasteiger partial charge in [-0.1, -0.05) is 0 Å². The molecule has 0 bridgehead atoms. The maximum atomic E-state index is 11.3. The summed E-state index contributed by atoms with van der Waals surface area (Å²) in [5, 5.41) is 0. The number of rotatable bonds is 5. The molecular formula is C9H13NO4. The van der Waals surface area contributed by atoms with E-state index >= 15 is 0 Å². The zero-order valence-corrected chi connectivity index (χ0v) is 8.20. The Bertz CT molecular complexity index is 295. The number of furan rings is 1. The SMILES string of the molecule is COCCONC(=O)c1occc1C. The molecule has 1 N–H and O–H groups in total. The zero-order valence-electron chi connectivity index (χ0n) is 8.20. The summed E-state index contributed by atoms with van der Waals surface area (Å²) < 4.78 is 9.70. The number of amides is 1. The van der Waals surface area contributed by atoms with Gasteiger partial charge in [-0.15, -0.1) is 0 Å². The van der Waals surface area contributed by atoms with Crippen LogP contribution in [0, 0.1) is 6.92 Å². The van der Waals surface area contributed by atoms with Crippen LogP contribution in [-0.2, 0) is 9.57 Å². The molecule has 1 heterocycles. The molecule has 1 amide bonds. The Morgan fingerprint density at radius 2 is 2.36 bits per heavy atom. The molecule has 5 heteroatoms. The Morgan fingerprint density at radius 1 is 1.57 bits per heavy atom. The Labute approximate surface area is 81.9 Å². The van der Waals surface area contributed by atoms with Crippen LogP contribution in [0.2, 0.25) is 0 Å². The van der Waals surface area contributed by atoms with Crippen LogP contribution in [0.5, 0.6) is 0 Å². The van der Waals surface area contributed by atoms with Gasteiger partial charge in [0.05, 0.1) is 19.5 Å². The van der Waals surface area contributed by atoms with Gasteiger partial charge in [-0.25, -0.2) is 5.48 Å². The van der Waals surface area contributed by atoms with Gasteiger partial charge in [0.1, 0.15) is 0 Å². The van der Waals surface area contributed by atoms with Crippen LogP contribution >= 0.6 is 0 Å². The highest BCUT2D eigenvalue weighted by Gasteiger charge is 2.11. The van der Waals surface area contributed by atoms with E-state index < -0.39 is 0 Å². The highest BCUT2D eigenvalue weighted by atomic mass is 16.7. The lowest BCUT2D eigenvalue weighted by Crippen LogP contribution is -2.25. The molecule has 0 atom stereocenters. The molecule has 0 aliphatic carbocycles. The van der Waals surface area contributed by atoms with Crippen LogP contribution in [0.25, 0.3) is 0 Å². The van der Waals surface area contributed by atoms with Crippen molar-refractivity contribution in [2.75, 3.05) is 20.3 Å². The van der Waals surface area contributed by atoms with E-state index in [1.807, 2.05) is 0 Å². The van der Waals surface area contributed by atoms with Crippen molar-refractivity contribution < 1.29 is 18.8 Å². The first-order valence-corrected chi connectivity index (χ1v) is 4.21. The summed E-state index contributed by atoms with van der Waals surface area (Å²) >= 11 is 0. The minimum Gasteiger partial charge on any atom is -0.459 e. The van der Waals surface area contributed by atoms with Crippen LogP contribution in [0.1, 0.15) is 16.1 Å². The number of ether oxygens (including phenoxy) is 1. The fraction of sp³-hybridized carbons (Fsp3) is 0.444. The van der Waals surface area contributed by atoms with Gasteiger partial charge in [-0.3, -0.25) is 9.63 Å². The largest absolute Gasteiger partial charge is 0.459 e. The molecule has 0 aliphatic rings. The van der Waals surface area contributed by atoms with Crippen molar-refractivity contribution in [3.05, 3.63) is 23.7 Å². The smallest absolute Gasteiger partial charge is 0.310 e. The number of methoxy groups -OCH3 is 1. The maximum absolute atomic E-state index is 11.3. The summed E-state index contributed by atoms with van der Waals surface area (Å²) in [6, 6.07) is 1.71. The topological polar surface area (TPSA) is 60.7 Å². The van der Waals surface area contributed by atoms with Gasteiger partial charge in [0.2, 0.25) is 0 Å². The predicted octanol–water partition coefficient (Wildman–Crippen LogP) is 0.896. The second-order valence-corrected chi connectivity index (χ2v) is 2.71. The van der Waals surface area contributed by atoms with E-state index in [0.29, 0.717) is 13.2 Å². The van der Waals surface area contributed by atoms with E-state index in [4.69, 9.17) is 14.0 Å². The van der Waals surface area contributed by atoms with Gasteiger partial charge in [-0.2, -0.15) is 0 Å². The van der Waals surface area contributed by atoms with Crippen molar-refractivity contribution in [2.24, 2.45) is 0 Å². The van der Waals surface area contributed by atoms with Gasteiger partial charge < -0.3 is 9.15 Å². The average molecular weight is 199 g/mol. The zero-order chi connectivity index (χ0) is 10.4. The summed E-state index contributed by atoms with van der Waals surface area (Å²) in [7, 11) is 1.56. The molecule has 1 rings (SSSR count). The molecule has 0 radical (unpaired) electrons. The summed E-state index contributed by atoms with van der Waals surface area (Å²) in [4.78, 5) is 16.1. The average Bonchev–Trinajstić information content (AvgIpc) is 2.59. The normalized spacial score (nSPS) is 10.1. The molecule has 0 aromatic carbocycles. The Kier molecular flexibility index (Phi) is 4.15. The third kappa shape index (κ3) is 2.86. The molecule has 0 spiro atoms. The van der Waals surface area contributed by atoms with Crippen LogP contribution in [0.15, 0.2) is 16.7 Å². The number of hydrogen-bond acceptors (Lipinski definition) is 4. The Hall–Kier alpha value is -1.33. The van der Waals surface area contributed by atoms with Crippen LogP contribution in [0.3, 0.4) is 0 Å². The third-order valence-corrected chi connectivity index (χ3v) is 1.62. The van der Waals surface area contributed by atoms with E-state index in [1.54, 1.807) is 20.1 Å². The number of nitrogens with one attached hydrogen (secondary N) is 1. The molecule has 0 saturated heterocycles. The summed E-state index contributed by atoms with van der Waals surface area (Å²) in [5.74, 6) is -0.119.